The number of ether oxygens (including phenoxy) is 1. The molecule has 0 saturated heterocycles. The first-order valence-corrected chi connectivity index (χ1v) is 6.03. The molecule has 0 aliphatic carbocycles. The summed E-state index contributed by atoms with van der Waals surface area (Å²) in [6, 6.07) is 6.11. The van der Waals surface area contributed by atoms with E-state index < -0.39 is 5.82 Å². The Morgan fingerprint density at radius 3 is 2.76 bits per heavy atom. The molecule has 0 amide bonds. The molecule has 2 aromatic heterocycles. The van der Waals surface area contributed by atoms with E-state index in [4.69, 9.17) is 10.5 Å². The van der Waals surface area contributed by atoms with Crippen LogP contribution in [0.5, 0.6) is 5.75 Å². The summed E-state index contributed by atoms with van der Waals surface area (Å²) in [5.74, 6) is 0.239. The Hall–Kier alpha value is -3.03. The van der Waals surface area contributed by atoms with Crippen molar-refractivity contribution >= 4 is 5.95 Å². The quantitative estimate of drug-likeness (QED) is 0.783. The van der Waals surface area contributed by atoms with Crippen molar-refractivity contribution < 1.29 is 9.13 Å². The van der Waals surface area contributed by atoms with Gasteiger partial charge in [-0.2, -0.15) is 20.1 Å². The number of nitrogen functional groups attached to an aromatic ring is 1. The summed E-state index contributed by atoms with van der Waals surface area (Å²) in [6.07, 6.45) is 3.23. The molecule has 3 rings (SSSR count). The van der Waals surface area contributed by atoms with Crippen molar-refractivity contribution in [2.75, 3.05) is 12.8 Å². The third-order valence-electron chi connectivity index (χ3n) is 2.77. The van der Waals surface area contributed by atoms with Gasteiger partial charge in [0.1, 0.15) is 11.6 Å². The number of nitrogens with zero attached hydrogens (tertiary/aromatic N) is 5. The van der Waals surface area contributed by atoms with E-state index in [1.54, 1.807) is 24.5 Å². The number of aromatic nitrogens is 5. The fourth-order valence-corrected chi connectivity index (χ4v) is 1.79. The van der Waals surface area contributed by atoms with E-state index in [2.05, 4.69) is 20.1 Å². The van der Waals surface area contributed by atoms with E-state index in [1.165, 1.54) is 23.9 Å². The maximum atomic E-state index is 14.1. The topological polar surface area (TPSA) is 91.7 Å². The Morgan fingerprint density at radius 2 is 2.10 bits per heavy atom. The minimum atomic E-state index is -0.508. The Morgan fingerprint density at radius 1 is 1.24 bits per heavy atom. The average Bonchev–Trinajstić information content (AvgIpc) is 3.00. The predicted molar refractivity (Wildman–Crippen MR) is 73.3 cm³/mol. The van der Waals surface area contributed by atoms with Crippen molar-refractivity contribution in [1.29, 1.82) is 0 Å². The molecule has 3 aromatic rings. The molecule has 7 nitrogen and oxygen atoms in total. The van der Waals surface area contributed by atoms with Crippen molar-refractivity contribution in [2.45, 2.75) is 0 Å². The van der Waals surface area contributed by atoms with Crippen LogP contribution in [0, 0.1) is 5.82 Å². The standard InChI is InChI=1S/C13H11FN6O/c1-21-8-3-4-9(10(14)7-8)11-17-12(15)19-13(18-11)20-6-2-5-16-20/h2-7H,1H3,(H2,15,17,18,19). The Bertz CT molecular complexity index is 774. The van der Waals surface area contributed by atoms with E-state index in [0.29, 0.717) is 5.75 Å². The molecule has 0 unspecified atom stereocenters. The van der Waals surface area contributed by atoms with Crippen LogP contribution >= 0.6 is 0 Å². The highest BCUT2D eigenvalue weighted by Crippen LogP contribution is 2.24. The van der Waals surface area contributed by atoms with Gasteiger partial charge in [0.05, 0.1) is 12.7 Å². The van der Waals surface area contributed by atoms with Gasteiger partial charge >= 0.3 is 0 Å². The van der Waals surface area contributed by atoms with Gasteiger partial charge in [0.15, 0.2) is 5.82 Å². The zero-order chi connectivity index (χ0) is 14.8. The number of nitrogens with two attached hydrogens (primary N) is 1. The van der Waals surface area contributed by atoms with E-state index in [1.807, 2.05) is 0 Å². The third-order valence-corrected chi connectivity index (χ3v) is 2.77. The normalized spacial score (nSPS) is 10.6. The fraction of sp³-hybridized carbons (Fsp3) is 0.0769. The van der Waals surface area contributed by atoms with Crippen LogP contribution in [0.4, 0.5) is 10.3 Å². The molecule has 0 spiro atoms. The van der Waals surface area contributed by atoms with E-state index in [9.17, 15) is 4.39 Å². The minimum Gasteiger partial charge on any atom is -0.497 e. The molecule has 21 heavy (non-hydrogen) atoms. The second-order valence-corrected chi connectivity index (χ2v) is 4.11. The van der Waals surface area contributed by atoms with Gasteiger partial charge in [0.25, 0.3) is 5.95 Å². The van der Waals surface area contributed by atoms with Crippen LogP contribution in [0.2, 0.25) is 0 Å². The van der Waals surface area contributed by atoms with Crippen LogP contribution in [0.1, 0.15) is 0 Å². The van der Waals surface area contributed by atoms with Gasteiger partial charge in [0.2, 0.25) is 5.95 Å². The van der Waals surface area contributed by atoms with Crippen LogP contribution in [-0.2, 0) is 0 Å². The molecule has 0 saturated carbocycles. The van der Waals surface area contributed by atoms with Gasteiger partial charge in [-0.25, -0.2) is 9.07 Å². The number of anilines is 1. The van der Waals surface area contributed by atoms with Gasteiger partial charge in [-0.15, -0.1) is 0 Å². The maximum absolute atomic E-state index is 14.1. The Labute approximate surface area is 119 Å². The molecule has 106 valence electrons. The van der Waals surface area contributed by atoms with E-state index in [0.717, 1.165) is 0 Å². The van der Waals surface area contributed by atoms with Crippen LogP contribution in [0.3, 0.4) is 0 Å². The first-order valence-electron chi connectivity index (χ1n) is 6.03. The second kappa shape index (κ2) is 5.16. The monoisotopic (exact) mass is 286 g/mol. The molecule has 0 bridgehead atoms. The first-order chi connectivity index (χ1) is 10.2. The summed E-state index contributed by atoms with van der Waals surface area (Å²) in [6.45, 7) is 0. The van der Waals surface area contributed by atoms with E-state index in [-0.39, 0.29) is 23.3 Å². The number of hydrogen-bond acceptors (Lipinski definition) is 6. The van der Waals surface area contributed by atoms with Gasteiger partial charge in [-0.05, 0) is 18.2 Å². The molecular formula is C13H11FN6O. The van der Waals surface area contributed by atoms with Crippen molar-refractivity contribution in [1.82, 2.24) is 24.7 Å². The highest BCUT2D eigenvalue weighted by molar-refractivity contribution is 5.58. The molecule has 2 heterocycles. The molecule has 0 aliphatic rings. The molecule has 0 fully saturated rings. The third kappa shape index (κ3) is 2.50. The average molecular weight is 286 g/mol. The zero-order valence-corrected chi connectivity index (χ0v) is 11.1. The van der Waals surface area contributed by atoms with E-state index >= 15 is 0 Å². The number of rotatable bonds is 3. The lowest BCUT2D eigenvalue weighted by Crippen LogP contribution is -2.08. The number of methoxy groups -OCH3 is 1. The summed E-state index contributed by atoms with van der Waals surface area (Å²) in [7, 11) is 1.46. The molecular weight excluding hydrogens is 275 g/mol. The lowest BCUT2D eigenvalue weighted by Gasteiger charge is -2.07. The lowest BCUT2D eigenvalue weighted by atomic mass is 10.2. The maximum Gasteiger partial charge on any atom is 0.255 e. The zero-order valence-electron chi connectivity index (χ0n) is 11.1. The molecule has 0 radical (unpaired) electrons. The van der Waals surface area contributed by atoms with Gasteiger partial charge in [0, 0.05) is 18.5 Å². The summed E-state index contributed by atoms with van der Waals surface area (Å²) in [5, 5.41) is 4.01. The smallest absolute Gasteiger partial charge is 0.255 e. The first kappa shape index (κ1) is 13.0. The molecule has 8 heteroatoms. The van der Waals surface area contributed by atoms with Gasteiger partial charge < -0.3 is 10.5 Å². The molecule has 0 aliphatic heterocycles. The summed E-state index contributed by atoms with van der Waals surface area (Å²) in [5.41, 5.74) is 5.87. The van der Waals surface area contributed by atoms with Gasteiger partial charge in [-0.3, -0.25) is 0 Å². The van der Waals surface area contributed by atoms with Crippen molar-refractivity contribution in [3.63, 3.8) is 0 Å². The summed E-state index contributed by atoms with van der Waals surface area (Å²) < 4.78 is 20.5. The molecule has 2 N–H and O–H groups in total. The van der Waals surface area contributed by atoms with Crippen LogP contribution < -0.4 is 10.5 Å². The summed E-state index contributed by atoms with van der Waals surface area (Å²) in [4.78, 5) is 12.1. The fourth-order valence-electron chi connectivity index (χ4n) is 1.79. The Kier molecular flexibility index (Phi) is 3.19. The number of hydrogen-bond donors (Lipinski definition) is 1. The summed E-state index contributed by atoms with van der Waals surface area (Å²) >= 11 is 0. The number of benzene rings is 1. The molecule has 0 atom stereocenters. The van der Waals surface area contributed by atoms with Crippen LogP contribution in [0.15, 0.2) is 36.7 Å². The Balaban J connectivity index is 2.10. The highest BCUT2D eigenvalue weighted by Gasteiger charge is 2.13. The second-order valence-electron chi connectivity index (χ2n) is 4.11. The van der Waals surface area contributed by atoms with Crippen molar-refractivity contribution in [3.05, 3.63) is 42.5 Å². The highest BCUT2D eigenvalue weighted by atomic mass is 19.1. The predicted octanol–water partition coefficient (Wildman–Crippen LogP) is 1.45. The number of halogens is 1. The van der Waals surface area contributed by atoms with Crippen LogP contribution in [0.25, 0.3) is 17.3 Å². The minimum absolute atomic E-state index is 0.0132. The van der Waals surface area contributed by atoms with Crippen molar-refractivity contribution in [2.24, 2.45) is 0 Å². The van der Waals surface area contributed by atoms with Crippen LogP contribution in [-0.4, -0.2) is 31.8 Å². The van der Waals surface area contributed by atoms with Gasteiger partial charge in [-0.1, -0.05) is 0 Å². The largest absolute Gasteiger partial charge is 0.497 e. The van der Waals surface area contributed by atoms with Crippen molar-refractivity contribution in [3.8, 4) is 23.1 Å². The molecule has 1 aromatic carbocycles. The SMILES string of the molecule is COc1ccc(-c2nc(N)nc(-n3cccn3)n2)c(F)c1. The lowest BCUT2D eigenvalue weighted by molar-refractivity contribution is 0.411.